The maximum absolute atomic E-state index is 12.3. The number of nitrogens with one attached hydrogen (secondary N) is 2. The van der Waals surface area contributed by atoms with Gasteiger partial charge in [0.2, 0.25) is 11.8 Å². The molecule has 0 spiro atoms. The lowest BCUT2D eigenvalue weighted by Crippen LogP contribution is -2.28. The van der Waals surface area contributed by atoms with Crippen LogP contribution in [0, 0.1) is 6.92 Å². The number of nitrogens with zero attached hydrogens (tertiary/aromatic N) is 2. The Morgan fingerprint density at radius 1 is 1.18 bits per heavy atom. The van der Waals surface area contributed by atoms with Gasteiger partial charge < -0.3 is 25.2 Å². The lowest BCUT2D eigenvalue weighted by Gasteiger charge is -2.11. The fraction of sp³-hybridized carbons (Fsp3) is 0.227. The van der Waals surface area contributed by atoms with Gasteiger partial charge in [0.05, 0.1) is 20.4 Å². The van der Waals surface area contributed by atoms with Gasteiger partial charge in [0.15, 0.2) is 16.7 Å². The first-order valence-electron chi connectivity index (χ1n) is 9.75. The van der Waals surface area contributed by atoms with Gasteiger partial charge in [0.25, 0.3) is 0 Å². The molecule has 1 aliphatic rings. The molecule has 0 aromatic heterocycles. The molecule has 3 N–H and O–H groups in total. The third kappa shape index (κ3) is 5.89. The second-order valence-electron chi connectivity index (χ2n) is 6.93. The van der Waals surface area contributed by atoms with Crippen LogP contribution >= 0.6 is 11.8 Å². The number of amidine groups is 1. The molecular formula is C22H22N4O6S. The van der Waals surface area contributed by atoms with Crippen molar-refractivity contribution in [2.45, 2.75) is 18.6 Å². The number of rotatable bonds is 8. The van der Waals surface area contributed by atoms with E-state index in [-0.39, 0.29) is 46.0 Å². The van der Waals surface area contributed by atoms with E-state index < -0.39 is 11.2 Å². The van der Waals surface area contributed by atoms with Crippen molar-refractivity contribution in [1.82, 2.24) is 5.32 Å². The maximum atomic E-state index is 12.3. The normalized spacial score (nSPS) is 16.6. The average Bonchev–Trinajstić information content (AvgIpc) is 3.13. The molecule has 0 unspecified atom stereocenters. The number of aryl methyl sites for hydroxylation is 1. The molecule has 1 aliphatic heterocycles. The number of methoxy groups -OCH3 is 2. The smallest absolute Gasteiger partial charge is 0.340 e. The van der Waals surface area contributed by atoms with E-state index >= 15 is 0 Å². The highest BCUT2D eigenvalue weighted by atomic mass is 32.2. The van der Waals surface area contributed by atoms with Crippen LogP contribution in [0.15, 0.2) is 46.6 Å². The Bertz CT molecular complexity index is 1130. The summed E-state index contributed by atoms with van der Waals surface area (Å²) in [5, 5.41) is 22.3. The molecule has 11 heteroatoms. The summed E-state index contributed by atoms with van der Waals surface area (Å²) in [4.78, 5) is 36.2. The summed E-state index contributed by atoms with van der Waals surface area (Å²) in [5.74, 6) is -1.55. The minimum absolute atomic E-state index is 0.0358. The summed E-state index contributed by atoms with van der Waals surface area (Å²) in [6.07, 6.45) is 1.20. The van der Waals surface area contributed by atoms with E-state index in [1.165, 1.54) is 26.5 Å². The van der Waals surface area contributed by atoms with Crippen molar-refractivity contribution in [1.29, 1.82) is 0 Å². The monoisotopic (exact) mass is 470 g/mol. The Morgan fingerprint density at radius 2 is 1.91 bits per heavy atom. The molecule has 0 aliphatic carbocycles. The molecule has 3 rings (SSSR count). The Balaban J connectivity index is 1.67. The van der Waals surface area contributed by atoms with Crippen LogP contribution in [0.4, 0.5) is 5.69 Å². The van der Waals surface area contributed by atoms with Crippen molar-refractivity contribution < 1.29 is 29.0 Å². The van der Waals surface area contributed by atoms with E-state index in [4.69, 9.17) is 9.47 Å². The van der Waals surface area contributed by atoms with Crippen molar-refractivity contribution >= 4 is 46.6 Å². The highest BCUT2D eigenvalue weighted by Crippen LogP contribution is 2.33. The van der Waals surface area contributed by atoms with E-state index in [9.17, 15) is 19.5 Å². The van der Waals surface area contributed by atoms with Crippen LogP contribution in [-0.4, -0.2) is 53.7 Å². The van der Waals surface area contributed by atoms with E-state index in [1.54, 1.807) is 18.2 Å². The molecule has 1 heterocycles. The molecule has 2 aromatic rings. The summed E-state index contributed by atoms with van der Waals surface area (Å²) in [5.41, 5.74) is 1.84. The van der Waals surface area contributed by atoms with Crippen molar-refractivity contribution in [3.8, 4) is 11.5 Å². The number of thioether (sulfide) groups is 1. The molecule has 172 valence electrons. The molecule has 0 bridgehead atoms. The third-order valence-electron chi connectivity index (χ3n) is 4.62. The summed E-state index contributed by atoms with van der Waals surface area (Å²) >= 11 is 1.07. The van der Waals surface area contributed by atoms with Crippen LogP contribution in [0.1, 0.15) is 27.9 Å². The van der Waals surface area contributed by atoms with Gasteiger partial charge in [-0.25, -0.2) is 4.79 Å². The second-order valence-corrected chi connectivity index (χ2v) is 8.13. The first-order chi connectivity index (χ1) is 15.8. The summed E-state index contributed by atoms with van der Waals surface area (Å²) in [7, 11) is 2.74. The lowest BCUT2D eigenvalue weighted by molar-refractivity contribution is -0.122. The molecule has 2 amide bonds. The predicted molar refractivity (Wildman–Crippen MR) is 125 cm³/mol. The lowest BCUT2D eigenvalue weighted by atomic mass is 10.1. The third-order valence-corrected chi connectivity index (χ3v) is 5.69. The number of ether oxygens (including phenoxy) is 2. The first kappa shape index (κ1) is 23.8. The highest BCUT2D eigenvalue weighted by molar-refractivity contribution is 8.15. The molecular weight excluding hydrogens is 448 g/mol. The number of hydrogen-bond acceptors (Lipinski definition) is 8. The van der Waals surface area contributed by atoms with Gasteiger partial charge in [-0.05, 0) is 31.2 Å². The highest BCUT2D eigenvalue weighted by Gasteiger charge is 2.32. The quantitative estimate of drug-likeness (QED) is 0.398. The zero-order valence-electron chi connectivity index (χ0n) is 18.1. The number of hydrogen-bond donors (Lipinski definition) is 3. The van der Waals surface area contributed by atoms with E-state index in [1.807, 2.05) is 19.1 Å². The Labute approximate surface area is 194 Å². The number of carbonyl (C=O) groups excluding carboxylic acids is 2. The number of amides is 2. The van der Waals surface area contributed by atoms with E-state index in [2.05, 4.69) is 20.8 Å². The van der Waals surface area contributed by atoms with Crippen LogP contribution in [0.5, 0.6) is 11.5 Å². The number of anilines is 1. The van der Waals surface area contributed by atoms with E-state index in [0.717, 1.165) is 17.3 Å². The Morgan fingerprint density at radius 3 is 2.55 bits per heavy atom. The molecule has 0 radical (unpaired) electrons. The zero-order valence-corrected chi connectivity index (χ0v) is 18.9. The van der Waals surface area contributed by atoms with E-state index in [0.29, 0.717) is 5.69 Å². The van der Waals surface area contributed by atoms with Gasteiger partial charge in [-0.3, -0.25) is 9.59 Å². The number of carboxylic acid groups (broad SMARTS) is 1. The minimum atomic E-state index is -1.22. The van der Waals surface area contributed by atoms with Gasteiger partial charge in [-0.2, -0.15) is 5.10 Å². The van der Waals surface area contributed by atoms with Gasteiger partial charge in [-0.15, -0.1) is 5.10 Å². The Kier molecular flexibility index (Phi) is 7.67. The molecule has 1 saturated heterocycles. The van der Waals surface area contributed by atoms with Crippen LogP contribution in [0.3, 0.4) is 0 Å². The molecule has 2 aromatic carbocycles. The molecule has 0 saturated carbocycles. The number of carbonyl (C=O) groups is 3. The fourth-order valence-electron chi connectivity index (χ4n) is 3.02. The second kappa shape index (κ2) is 10.6. The zero-order chi connectivity index (χ0) is 24.0. The number of benzene rings is 2. The largest absolute Gasteiger partial charge is 0.493 e. The minimum Gasteiger partial charge on any atom is -0.493 e. The number of carboxylic acids is 1. The van der Waals surface area contributed by atoms with Crippen molar-refractivity contribution in [3.05, 3.63) is 53.1 Å². The van der Waals surface area contributed by atoms with Gasteiger partial charge in [0, 0.05) is 17.7 Å². The van der Waals surface area contributed by atoms with Crippen molar-refractivity contribution in [2.24, 2.45) is 10.2 Å². The van der Waals surface area contributed by atoms with Crippen LogP contribution < -0.4 is 20.1 Å². The summed E-state index contributed by atoms with van der Waals surface area (Å²) in [6, 6.07) is 10.4. The van der Waals surface area contributed by atoms with Crippen molar-refractivity contribution in [2.75, 3.05) is 19.5 Å². The predicted octanol–water partition coefficient (Wildman–Crippen LogP) is 2.66. The van der Waals surface area contributed by atoms with Crippen LogP contribution in [0.2, 0.25) is 0 Å². The molecule has 33 heavy (non-hydrogen) atoms. The fourth-order valence-corrected chi connectivity index (χ4v) is 3.94. The van der Waals surface area contributed by atoms with Crippen molar-refractivity contribution in [3.63, 3.8) is 0 Å². The maximum Gasteiger partial charge on any atom is 0.340 e. The topological polar surface area (TPSA) is 139 Å². The molecule has 10 nitrogen and oxygen atoms in total. The molecule has 1 atom stereocenters. The van der Waals surface area contributed by atoms with Gasteiger partial charge in [0.1, 0.15) is 10.8 Å². The summed E-state index contributed by atoms with van der Waals surface area (Å²) < 4.78 is 10.3. The van der Waals surface area contributed by atoms with Gasteiger partial charge in [-0.1, -0.05) is 29.5 Å². The first-order valence-corrected chi connectivity index (χ1v) is 10.6. The molecule has 1 fully saturated rings. The van der Waals surface area contributed by atoms with Gasteiger partial charge >= 0.3 is 5.97 Å². The average molecular weight is 471 g/mol. The SMILES string of the molecule is COc1ccc(/C=N\N=C2\NC(=O)[C@H](CC(=O)Nc3ccc(C)cc3)S2)c(C(=O)O)c1OC. The summed E-state index contributed by atoms with van der Waals surface area (Å²) in [6.45, 7) is 1.95. The number of aromatic carboxylic acids is 1. The van der Waals surface area contributed by atoms with Crippen LogP contribution in [0.25, 0.3) is 0 Å². The standard InChI is InChI=1S/C22H22N4O6S/c1-12-4-7-14(8-5-12)24-17(27)10-16-20(28)25-22(33-16)26-23-11-13-6-9-15(31-2)19(32-3)18(13)21(29)30/h4-9,11,16H,10H2,1-3H3,(H,24,27)(H,29,30)(H,25,26,28)/b23-11-/t16-/m0/s1. The Hall–Kier alpha value is -3.86. The van der Waals surface area contributed by atoms with Crippen LogP contribution in [-0.2, 0) is 9.59 Å².